The summed E-state index contributed by atoms with van der Waals surface area (Å²) in [5, 5.41) is 10.9. The van der Waals surface area contributed by atoms with Gasteiger partial charge in [-0.05, 0) is 50.9 Å². The third kappa shape index (κ3) is 4.24. The number of piperidine rings is 2. The van der Waals surface area contributed by atoms with E-state index in [1.54, 1.807) is 12.4 Å². The Hall–Kier alpha value is -2.54. The fourth-order valence-electron chi connectivity index (χ4n) is 4.78. The number of aromatic nitrogens is 2. The molecule has 3 atom stereocenters. The van der Waals surface area contributed by atoms with Gasteiger partial charge >= 0.3 is 0 Å². The summed E-state index contributed by atoms with van der Waals surface area (Å²) in [5.74, 6) is 0.566. The van der Waals surface area contributed by atoms with Crippen molar-refractivity contribution in [3.63, 3.8) is 0 Å². The molecule has 2 aliphatic rings. The lowest BCUT2D eigenvalue weighted by molar-refractivity contribution is -0.126. The number of anilines is 1. The maximum Gasteiger partial charge on any atom is 0.225 e. The fourth-order valence-corrected chi connectivity index (χ4v) is 4.78. The molecule has 0 bridgehead atoms. The highest BCUT2D eigenvalue weighted by molar-refractivity contribution is 6.00. The number of hydrogen-bond donors (Lipinski definition) is 2. The molecule has 2 N–H and O–H groups in total. The highest BCUT2D eigenvalue weighted by Gasteiger charge is 2.32. The van der Waals surface area contributed by atoms with Crippen LogP contribution < -0.4 is 10.2 Å². The topological polar surface area (TPSA) is 85.2 Å². The molecular formula is C22H30N6O. The van der Waals surface area contributed by atoms with Gasteiger partial charge in [-0.15, -0.1) is 0 Å². The average molecular weight is 395 g/mol. The van der Waals surface area contributed by atoms with Crippen molar-refractivity contribution in [2.24, 2.45) is 11.8 Å². The molecule has 0 saturated carbocycles. The predicted octanol–water partition coefficient (Wildman–Crippen LogP) is 2.30. The molecule has 2 aliphatic heterocycles. The molecule has 0 spiro atoms. The number of carbonyl (C=O) groups is 1. The predicted molar refractivity (Wildman–Crippen MR) is 116 cm³/mol. The van der Waals surface area contributed by atoms with Crippen LogP contribution in [0.3, 0.4) is 0 Å². The van der Waals surface area contributed by atoms with Gasteiger partial charge in [0, 0.05) is 49.8 Å². The number of rotatable bonds is 4. The van der Waals surface area contributed by atoms with Crippen LogP contribution in [0.1, 0.15) is 31.7 Å². The zero-order chi connectivity index (χ0) is 20.4. The Balaban J connectivity index is 1.54. The summed E-state index contributed by atoms with van der Waals surface area (Å²) in [6, 6.07) is 4.19. The van der Waals surface area contributed by atoms with Gasteiger partial charge in [-0.2, -0.15) is 0 Å². The van der Waals surface area contributed by atoms with Gasteiger partial charge < -0.3 is 20.5 Å². The molecule has 3 heterocycles. The Bertz CT molecular complexity index is 900. The van der Waals surface area contributed by atoms with Gasteiger partial charge in [0.2, 0.25) is 5.91 Å². The zero-order valence-corrected chi connectivity index (χ0v) is 17.3. The van der Waals surface area contributed by atoms with Gasteiger partial charge in [0.15, 0.2) is 0 Å². The summed E-state index contributed by atoms with van der Waals surface area (Å²) in [4.78, 5) is 26.6. The lowest BCUT2D eigenvalue weighted by Gasteiger charge is -2.38. The zero-order valence-electron chi connectivity index (χ0n) is 17.3. The molecule has 0 aliphatic carbocycles. The highest BCUT2D eigenvalue weighted by atomic mass is 16.2. The van der Waals surface area contributed by atoms with E-state index in [-0.39, 0.29) is 17.9 Å². The molecule has 0 radical (unpaired) electrons. The van der Waals surface area contributed by atoms with Crippen molar-refractivity contribution >= 4 is 28.8 Å². The van der Waals surface area contributed by atoms with E-state index >= 15 is 0 Å². The van der Waals surface area contributed by atoms with Gasteiger partial charge in [-0.25, -0.2) is 0 Å². The molecule has 1 amide bonds. The van der Waals surface area contributed by atoms with Crippen molar-refractivity contribution < 1.29 is 4.79 Å². The van der Waals surface area contributed by atoms with Crippen LogP contribution in [0.25, 0.3) is 11.0 Å². The Morgan fingerprint density at radius 1 is 1.21 bits per heavy atom. The third-order valence-corrected chi connectivity index (χ3v) is 6.13. The monoisotopic (exact) mass is 394 g/mol. The second-order valence-corrected chi connectivity index (χ2v) is 8.62. The molecule has 4 rings (SSSR count). The molecule has 7 heteroatoms. The number of carbonyl (C=O) groups excluding carboxylic acids is 1. The summed E-state index contributed by atoms with van der Waals surface area (Å²) in [6.45, 7) is 5.84. The van der Waals surface area contributed by atoms with Crippen molar-refractivity contribution in [2.45, 2.75) is 32.2 Å². The second kappa shape index (κ2) is 8.45. The molecule has 2 aromatic rings. The quantitative estimate of drug-likeness (QED) is 0.778. The van der Waals surface area contributed by atoms with Crippen LogP contribution in [0.15, 0.2) is 24.5 Å². The van der Waals surface area contributed by atoms with Gasteiger partial charge in [-0.3, -0.25) is 14.8 Å². The Morgan fingerprint density at radius 3 is 2.76 bits per heavy atom. The number of hydrogen-bond acceptors (Lipinski definition) is 6. The number of likely N-dealkylation sites (tertiary alicyclic amines) is 1. The molecule has 1 aromatic heterocycles. The van der Waals surface area contributed by atoms with E-state index in [0.29, 0.717) is 12.5 Å². The number of benzene rings is 1. The van der Waals surface area contributed by atoms with E-state index in [0.717, 1.165) is 61.2 Å². The van der Waals surface area contributed by atoms with Crippen LogP contribution in [0.5, 0.6) is 0 Å². The van der Waals surface area contributed by atoms with Gasteiger partial charge in [0.05, 0.1) is 17.1 Å². The molecule has 7 nitrogen and oxygen atoms in total. The van der Waals surface area contributed by atoms with Crippen LogP contribution in [-0.2, 0) is 4.79 Å². The Labute approximate surface area is 172 Å². The van der Waals surface area contributed by atoms with Gasteiger partial charge in [0.1, 0.15) is 5.52 Å². The van der Waals surface area contributed by atoms with E-state index in [4.69, 9.17) is 5.41 Å². The average Bonchev–Trinajstić information content (AvgIpc) is 2.72. The van der Waals surface area contributed by atoms with Crippen molar-refractivity contribution in [3.05, 3.63) is 30.1 Å². The van der Waals surface area contributed by atoms with Crippen molar-refractivity contribution in [1.29, 1.82) is 5.41 Å². The number of nitrogens with zero attached hydrogens (tertiary/aromatic N) is 4. The van der Waals surface area contributed by atoms with E-state index in [1.807, 2.05) is 12.1 Å². The van der Waals surface area contributed by atoms with E-state index in [2.05, 4.69) is 39.1 Å². The molecule has 1 aromatic carbocycles. The number of nitrogens with one attached hydrogen (secondary N) is 2. The fraction of sp³-hybridized carbons (Fsp3) is 0.545. The molecule has 29 heavy (non-hydrogen) atoms. The first-order valence-electron chi connectivity index (χ1n) is 10.5. The maximum atomic E-state index is 13.0. The van der Waals surface area contributed by atoms with Gasteiger partial charge in [-0.1, -0.05) is 6.92 Å². The first kappa shape index (κ1) is 19.8. The first-order valence-corrected chi connectivity index (χ1v) is 10.5. The van der Waals surface area contributed by atoms with Crippen LogP contribution in [0, 0.1) is 17.2 Å². The normalized spacial score (nSPS) is 25.7. The van der Waals surface area contributed by atoms with Crippen molar-refractivity contribution in [2.75, 3.05) is 38.1 Å². The van der Waals surface area contributed by atoms with Crippen molar-refractivity contribution in [1.82, 2.24) is 20.2 Å². The summed E-state index contributed by atoms with van der Waals surface area (Å²) in [7, 11) is 2.12. The lowest BCUT2D eigenvalue weighted by atomic mass is 9.88. The molecular weight excluding hydrogens is 364 g/mol. The van der Waals surface area contributed by atoms with E-state index in [1.165, 1.54) is 6.21 Å². The third-order valence-electron chi connectivity index (χ3n) is 6.13. The molecule has 154 valence electrons. The Morgan fingerprint density at radius 2 is 2.00 bits per heavy atom. The minimum atomic E-state index is -0.0277. The summed E-state index contributed by atoms with van der Waals surface area (Å²) in [6.07, 6.45) is 7.78. The number of fused-ring (bicyclic) bond motifs is 1. The minimum absolute atomic E-state index is 0.0277. The van der Waals surface area contributed by atoms with Crippen LogP contribution in [-0.4, -0.2) is 66.3 Å². The number of likely N-dealkylation sites (N-methyl/N-ethyl adjacent to an activating group) is 1. The largest absolute Gasteiger partial charge is 0.369 e. The molecule has 2 fully saturated rings. The molecule has 3 unspecified atom stereocenters. The van der Waals surface area contributed by atoms with Crippen LogP contribution >= 0.6 is 0 Å². The highest BCUT2D eigenvalue weighted by Crippen LogP contribution is 2.31. The summed E-state index contributed by atoms with van der Waals surface area (Å²) in [5.41, 5.74) is 3.30. The summed E-state index contributed by atoms with van der Waals surface area (Å²) >= 11 is 0. The molecule has 2 saturated heterocycles. The smallest absolute Gasteiger partial charge is 0.225 e. The minimum Gasteiger partial charge on any atom is -0.369 e. The van der Waals surface area contributed by atoms with Crippen LogP contribution in [0.4, 0.5) is 5.69 Å². The second-order valence-electron chi connectivity index (χ2n) is 8.62. The van der Waals surface area contributed by atoms with Gasteiger partial charge in [0.25, 0.3) is 0 Å². The summed E-state index contributed by atoms with van der Waals surface area (Å²) < 4.78 is 0. The van der Waals surface area contributed by atoms with Crippen LogP contribution in [0.2, 0.25) is 0 Å². The standard InChI is InChI=1S/C22H30N6O/c1-15-10-17(22(29)26-18-4-3-9-27(2)14-18)13-28(12-15)19-6-5-16(11-23)20-21(19)25-8-7-24-20/h5-8,11,15,17-18,23H,3-4,9-10,12-14H2,1-2H3,(H,26,29). The Kier molecular flexibility index (Phi) is 5.76. The lowest BCUT2D eigenvalue weighted by Crippen LogP contribution is -2.51. The maximum absolute atomic E-state index is 13.0. The van der Waals surface area contributed by atoms with E-state index in [9.17, 15) is 4.79 Å². The SMILES string of the molecule is CC1CC(C(=O)NC2CCCN(C)C2)CN(c2ccc(C=N)c3nccnc23)C1. The van der Waals surface area contributed by atoms with Crippen molar-refractivity contribution in [3.8, 4) is 0 Å². The van der Waals surface area contributed by atoms with E-state index < -0.39 is 0 Å². The first-order chi connectivity index (χ1) is 14.0. The number of amides is 1.